The lowest BCUT2D eigenvalue weighted by Gasteiger charge is -2.15. The number of amides is 1. The standard InChI is InChI=1S/C16H19N3O3/c1-11(10-20)18-16(21)12-6-5-9-17-15(12)19-13-7-3-4-8-14(13)22-2/h3-9,11,20H,10H2,1-2H3,(H,17,19)(H,18,21). The number of aliphatic hydroxyl groups is 1. The monoisotopic (exact) mass is 301 g/mol. The van der Waals surface area contributed by atoms with Gasteiger partial charge in [-0.05, 0) is 31.2 Å². The summed E-state index contributed by atoms with van der Waals surface area (Å²) in [6, 6.07) is 10.4. The summed E-state index contributed by atoms with van der Waals surface area (Å²) in [4.78, 5) is 16.5. The number of aliphatic hydroxyl groups excluding tert-OH is 1. The van der Waals surface area contributed by atoms with Crippen molar-refractivity contribution in [2.24, 2.45) is 0 Å². The van der Waals surface area contributed by atoms with E-state index >= 15 is 0 Å². The molecule has 1 aromatic heterocycles. The number of rotatable bonds is 6. The van der Waals surface area contributed by atoms with Gasteiger partial charge in [0.05, 0.1) is 25.0 Å². The molecule has 1 aromatic carbocycles. The predicted octanol–water partition coefficient (Wildman–Crippen LogP) is 1.94. The molecule has 116 valence electrons. The number of ether oxygens (including phenoxy) is 1. The zero-order chi connectivity index (χ0) is 15.9. The van der Waals surface area contributed by atoms with Gasteiger partial charge in [0.15, 0.2) is 0 Å². The summed E-state index contributed by atoms with van der Waals surface area (Å²) in [5, 5.41) is 14.8. The zero-order valence-corrected chi connectivity index (χ0v) is 12.5. The molecule has 1 heterocycles. The van der Waals surface area contributed by atoms with Crippen LogP contribution in [0.5, 0.6) is 5.75 Å². The van der Waals surface area contributed by atoms with Crippen molar-refractivity contribution < 1.29 is 14.6 Å². The second-order valence-corrected chi connectivity index (χ2v) is 4.78. The van der Waals surface area contributed by atoms with Gasteiger partial charge in [-0.3, -0.25) is 4.79 Å². The molecule has 6 nitrogen and oxygen atoms in total. The van der Waals surface area contributed by atoms with E-state index in [9.17, 15) is 4.79 Å². The molecule has 2 rings (SSSR count). The van der Waals surface area contributed by atoms with E-state index in [2.05, 4.69) is 15.6 Å². The molecule has 1 atom stereocenters. The van der Waals surface area contributed by atoms with E-state index in [-0.39, 0.29) is 18.6 Å². The molecule has 1 amide bonds. The second kappa shape index (κ2) is 7.42. The van der Waals surface area contributed by atoms with Crippen molar-refractivity contribution in [3.63, 3.8) is 0 Å². The third-order valence-corrected chi connectivity index (χ3v) is 3.06. The molecule has 6 heteroatoms. The number of nitrogens with zero attached hydrogens (tertiary/aromatic N) is 1. The average molecular weight is 301 g/mol. The van der Waals surface area contributed by atoms with Crippen LogP contribution in [-0.4, -0.2) is 35.8 Å². The van der Waals surface area contributed by atoms with Crippen molar-refractivity contribution >= 4 is 17.4 Å². The van der Waals surface area contributed by atoms with Crippen LogP contribution in [0.25, 0.3) is 0 Å². The second-order valence-electron chi connectivity index (χ2n) is 4.78. The van der Waals surface area contributed by atoms with Crippen LogP contribution in [0.2, 0.25) is 0 Å². The van der Waals surface area contributed by atoms with Crippen molar-refractivity contribution in [2.75, 3.05) is 19.0 Å². The zero-order valence-electron chi connectivity index (χ0n) is 12.5. The molecule has 2 aromatic rings. The fourth-order valence-corrected chi connectivity index (χ4v) is 1.91. The Hall–Kier alpha value is -2.60. The Morgan fingerprint density at radius 1 is 1.32 bits per heavy atom. The van der Waals surface area contributed by atoms with Gasteiger partial charge in [-0.1, -0.05) is 12.1 Å². The topological polar surface area (TPSA) is 83.5 Å². The van der Waals surface area contributed by atoms with Crippen LogP contribution in [-0.2, 0) is 0 Å². The lowest BCUT2D eigenvalue weighted by atomic mass is 10.2. The SMILES string of the molecule is COc1ccccc1Nc1ncccc1C(=O)NC(C)CO. The van der Waals surface area contributed by atoms with Gasteiger partial charge >= 0.3 is 0 Å². The van der Waals surface area contributed by atoms with Gasteiger partial charge in [0.25, 0.3) is 5.91 Å². The number of hydrogen-bond acceptors (Lipinski definition) is 5. The minimum Gasteiger partial charge on any atom is -0.495 e. The highest BCUT2D eigenvalue weighted by molar-refractivity contribution is 5.99. The van der Waals surface area contributed by atoms with E-state index in [0.717, 1.165) is 0 Å². The Kier molecular flexibility index (Phi) is 5.32. The molecule has 22 heavy (non-hydrogen) atoms. The summed E-state index contributed by atoms with van der Waals surface area (Å²) in [5.74, 6) is 0.782. The van der Waals surface area contributed by atoms with Crippen LogP contribution in [0, 0.1) is 0 Å². The van der Waals surface area contributed by atoms with Crippen LogP contribution in [0.3, 0.4) is 0 Å². The minimum atomic E-state index is -0.327. The number of carbonyl (C=O) groups excluding carboxylic acids is 1. The molecular formula is C16H19N3O3. The summed E-state index contributed by atoms with van der Waals surface area (Å²) in [6.07, 6.45) is 1.60. The van der Waals surface area contributed by atoms with Gasteiger partial charge in [0.1, 0.15) is 11.6 Å². The first-order valence-corrected chi connectivity index (χ1v) is 6.92. The maximum absolute atomic E-state index is 12.2. The Labute approximate surface area is 129 Å². The molecule has 0 bridgehead atoms. The first-order chi connectivity index (χ1) is 10.7. The number of nitrogens with one attached hydrogen (secondary N) is 2. The van der Waals surface area contributed by atoms with Crippen LogP contribution >= 0.6 is 0 Å². The summed E-state index contributed by atoms with van der Waals surface area (Å²) in [5.41, 5.74) is 1.11. The van der Waals surface area contributed by atoms with E-state index in [1.54, 1.807) is 32.4 Å². The lowest BCUT2D eigenvalue weighted by molar-refractivity contribution is 0.0923. The third kappa shape index (κ3) is 3.73. The molecule has 0 aliphatic heterocycles. The molecule has 0 radical (unpaired) electrons. The van der Waals surface area contributed by atoms with Gasteiger partial charge < -0.3 is 20.5 Å². The van der Waals surface area contributed by atoms with Crippen molar-refractivity contribution in [3.8, 4) is 5.75 Å². The molecule has 0 fully saturated rings. The largest absolute Gasteiger partial charge is 0.495 e. The van der Waals surface area contributed by atoms with E-state index in [0.29, 0.717) is 22.8 Å². The Balaban J connectivity index is 2.27. The molecule has 0 saturated carbocycles. The van der Waals surface area contributed by atoms with Gasteiger partial charge in [-0.25, -0.2) is 4.98 Å². The van der Waals surface area contributed by atoms with Crippen LogP contribution in [0.4, 0.5) is 11.5 Å². The lowest BCUT2D eigenvalue weighted by Crippen LogP contribution is -2.35. The number of aromatic nitrogens is 1. The van der Waals surface area contributed by atoms with E-state index in [4.69, 9.17) is 9.84 Å². The minimum absolute atomic E-state index is 0.124. The van der Waals surface area contributed by atoms with E-state index in [1.165, 1.54) is 0 Å². The van der Waals surface area contributed by atoms with Gasteiger partial charge in [-0.15, -0.1) is 0 Å². The molecule has 0 spiro atoms. The van der Waals surface area contributed by atoms with Crippen molar-refractivity contribution in [1.82, 2.24) is 10.3 Å². The molecule has 0 aliphatic rings. The number of benzene rings is 1. The van der Waals surface area contributed by atoms with E-state index in [1.807, 2.05) is 24.3 Å². The summed E-state index contributed by atoms with van der Waals surface area (Å²) in [6.45, 7) is 1.60. The number of methoxy groups -OCH3 is 1. The molecular weight excluding hydrogens is 282 g/mol. The normalized spacial score (nSPS) is 11.6. The number of carbonyl (C=O) groups is 1. The third-order valence-electron chi connectivity index (χ3n) is 3.06. The maximum atomic E-state index is 12.2. The van der Waals surface area contributed by atoms with Crippen molar-refractivity contribution in [3.05, 3.63) is 48.2 Å². The first-order valence-electron chi connectivity index (χ1n) is 6.92. The van der Waals surface area contributed by atoms with Gasteiger partial charge in [0.2, 0.25) is 0 Å². The maximum Gasteiger partial charge on any atom is 0.255 e. The summed E-state index contributed by atoms with van der Waals surface area (Å²) in [7, 11) is 1.58. The smallest absolute Gasteiger partial charge is 0.255 e. The number of hydrogen-bond donors (Lipinski definition) is 3. The molecule has 0 aliphatic carbocycles. The Bertz CT molecular complexity index is 646. The fraction of sp³-hybridized carbons (Fsp3) is 0.250. The summed E-state index contributed by atoms with van der Waals surface area (Å²) < 4.78 is 5.28. The predicted molar refractivity (Wildman–Crippen MR) is 84.5 cm³/mol. The van der Waals surface area contributed by atoms with E-state index < -0.39 is 0 Å². The van der Waals surface area contributed by atoms with Crippen LogP contribution in [0.1, 0.15) is 17.3 Å². The highest BCUT2D eigenvalue weighted by atomic mass is 16.5. The Morgan fingerprint density at radius 3 is 2.82 bits per heavy atom. The molecule has 3 N–H and O–H groups in total. The number of anilines is 2. The van der Waals surface area contributed by atoms with Gasteiger partial charge in [-0.2, -0.15) is 0 Å². The van der Waals surface area contributed by atoms with Crippen molar-refractivity contribution in [1.29, 1.82) is 0 Å². The highest BCUT2D eigenvalue weighted by Gasteiger charge is 2.15. The summed E-state index contributed by atoms with van der Waals surface area (Å²) >= 11 is 0. The quantitative estimate of drug-likeness (QED) is 0.759. The van der Waals surface area contributed by atoms with Crippen LogP contribution in [0.15, 0.2) is 42.6 Å². The average Bonchev–Trinajstić information content (AvgIpc) is 2.55. The molecule has 1 unspecified atom stereocenters. The number of pyridine rings is 1. The first kappa shape index (κ1) is 15.8. The van der Waals surface area contributed by atoms with Crippen LogP contribution < -0.4 is 15.4 Å². The van der Waals surface area contributed by atoms with Gasteiger partial charge in [0, 0.05) is 12.2 Å². The number of para-hydroxylation sites is 2. The molecule has 0 saturated heterocycles. The Morgan fingerprint density at radius 2 is 2.09 bits per heavy atom. The van der Waals surface area contributed by atoms with Crippen molar-refractivity contribution in [2.45, 2.75) is 13.0 Å². The highest BCUT2D eigenvalue weighted by Crippen LogP contribution is 2.27. The fourth-order valence-electron chi connectivity index (χ4n) is 1.91.